The molecule has 2 aromatic carbocycles. The molecule has 0 spiro atoms. The fourth-order valence-corrected chi connectivity index (χ4v) is 2.25. The highest BCUT2D eigenvalue weighted by Gasteiger charge is 2.37. The van der Waals surface area contributed by atoms with Crippen LogP contribution in [0.2, 0.25) is 5.02 Å². The first-order valence-electron chi connectivity index (χ1n) is 6.79. The van der Waals surface area contributed by atoms with Crippen LogP contribution >= 0.6 is 11.6 Å². The van der Waals surface area contributed by atoms with Crippen LogP contribution in [0.4, 0.5) is 32.0 Å². The Morgan fingerprint density at radius 3 is 1.92 bits per heavy atom. The summed E-state index contributed by atoms with van der Waals surface area (Å²) in [4.78, 5) is 11.9. The Labute approximate surface area is 143 Å². The lowest BCUT2D eigenvalue weighted by Crippen LogP contribution is -2.17. The molecule has 0 heterocycles. The lowest BCUT2D eigenvalue weighted by atomic mass is 10.1. The van der Waals surface area contributed by atoms with Crippen LogP contribution in [0.15, 0.2) is 42.5 Å². The molecule has 2 rings (SSSR count). The van der Waals surface area contributed by atoms with Gasteiger partial charge in [0.2, 0.25) is 5.91 Å². The zero-order valence-electron chi connectivity index (χ0n) is 12.3. The molecule has 0 aromatic heterocycles. The third kappa shape index (κ3) is 5.12. The normalized spacial score (nSPS) is 12.1. The monoisotopic (exact) mass is 381 g/mol. The minimum Gasteiger partial charge on any atom is -0.326 e. The van der Waals surface area contributed by atoms with Crippen molar-refractivity contribution in [1.29, 1.82) is 0 Å². The second-order valence-electron chi connectivity index (χ2n) is 5.11. The van der Waals surface area contributed by atoms with Gasteiger partial charge in [0.1, 0.15) is 0 Å². The maximum atomic E-state index is 12.8. The second-order valence-corrected chi connectivity index (χ2v) is 5.52. The number of hydrogen-bond acceptors (Lipinski definition) is 1. The van der Waals surface area contributed by atoms with Gasteiger partial charge >= 0.3 is 12.4 Å². The zero-order valence-corrected chi connectivity index (χ0v) is 13.1. The zero-order chi connectivity index (χ0) is 18.8. The van der Waals surface area contributed by atoms with Crippen molar-refractivity contribution in [2.24, 2.45) is 0 Å². The maximum Gasteiger partial charge on any atom is 0.416 e. The summed E-state index contributed by atoms with van der Waals surface area (Å²) in [5.74, 6) is -0.791. The van der Waals surface area contributed by atoms with Gasteiger partial charge in [-0.2, -0.15) is 26.3 Å². The van der Waals surface area contributed by atoms with Gasteiger partial charge < -0.3 is 5.32 Å². The van der Waals surface area contributed by atoms with Crippen LogP contribution in [0.3, 0.4) is 0 Å². The van der Waals surface area contributed by atoms with Crippen LogP contribution in [0.5, 0.6) is 0 Å². The molecule has 0 saturated carbocycles. The van der Waals surface area contributed by atoms with E-state index in [1.807, 2.05) is 5.32 Å². The molecule has 0 radical (unpaired) electrons. The number of carbonyl (C=O) groups is 1. The Bertz CT molecular complexity index is 753. The first kappa shape index (κ1) is 19.1. The quantitative estimate of drug-likeness (QED) is 0.693. The first-order valence-corrected chi connectivity index (χ1v) is 7.17. The average molecular weight is 382 g/mol. The summed E-state index contributed by atoms with van der Waals surface area (Å²) in [6.45, 7) is 0. The summed E-state index contributed by atoms with van der Waals surface area (Å²) in [6, 6.07) is 7.13. The standard InChI is InChI=1S/C16H10ClF6NO/c17-13-4-2-1-3-9(13)5-14(25)24-12-7-10(15(18,19)20)6-11(8-12)16(21,22)23/h1-4,6-8H,5H2,(H,24,25). The van der Waals surface area contributed by atoms with Gasteiger partial charge in [0.05, 0.1) is 17.5 Å². The molecule has 1 amide bonds. The number of carbonyl (C=O) groups excluding carboxylic acids is 1. The van der Waals surface area contributed by atoms with E-state index in [0.717, 1.165) is 0 Å². The highest BCUT2D eigenvalue weighted by molar-refractivity contribution is 6.31. The minimum atomic E-state index is -4.98. The van der Waals surface area contributed by atoms with Crippen molar-refractivity contribution in [2.45, 2.75) is 18.8 Å². The van der Waals surface area contributed by atoms with Gasteiger partial charge in [0.15, 0.2) is 0 Å². The number of amides is 1. The van der Waals surface area contributed by atoms with Gasteiger partial charge in [0, 0.05) is 10.7 Å². The highest BCUT2D eigenvalue weighted by Crippen LogP contribution is 2.37. The van der Waals surface area contributed by atoms with Crippen LogP contribution in [0.25, 0.3) is 0 Å². The van der Waals surface area contributed by atoms with Gasteiger partial charge in [-0.15, -0.1) is 0 Å². The van der Waals surface area contributed by atoms with Crippen molar-refractivity contribution in [1.82, 2.24) is 0 Å². The smallest absolute Gasteiger partial charge is 0.326 e. The summed E-state index contributed by atoms with van der Waals surface area (Å²) < 4.78 is 76.7. The number of benzene rings is 2. The Morgan fingerprint density at radius 2 is 1.44 bits per heavy atom. The number of rotatable bonds is 3. The third-order valence-corrected chi connectivity index (χ3v) is 3.55. The molecular formula is C16H10ClF6NO. The molecule has 0 saturated heterocycles. The first-order chi connectivity index (χ1) is 11.5. The molecule has 9 heteroatoms. The number of nitrogens with one attached hydrogen (secondary N) is 1. The Balaban J connectivity index is 2.29. The molecule has 25 heavy (non-hydrogen) atoms. The van der Waals surface area contributed by atoms with E-state index < -0.39 is 35.1 Å². The van der Waals surface area contributed by atoms with Crippen molar-refractivity contribution < 1.29 is 31.1 Å². The fraction of sp³-hybridized carbons (Fsp3) is 0.188. The van der Waals surface area contributed by atoms with Crippen molar-refractivity contribution in [3.8, 4) is 0 Å². The molecule has 0 aliphatic carbocycles. The minimum absolute atomic E-state index is 0.0102. The van der Waals surface area contributed by atoms with Gasteiger partial charge in [-0.1, -0.05) is 29.8 Å². The van der Waals surface area contributed by atoms with Crippen molar-refractivity contribution in [3.63, 3.8) is 0 Å². The maximum absolute atomic E-state index is 12.8. The second kappa shape index (κ2) is 6.95. The van der Waals surface area contributed by atoms with E-state index in [1.165, 1.54) is 12.1 Å². The Hall–Kier alpha value is -2.22. The average Bonchev–Trinajstić information content (AvgIpc) is 2.47. The molecule has 134 valence electrons. The van der Waals surface area contributed by atoms with Crippen LogP contribution in [-0.4, -0.2) is 5.91 Å². The lowest BCUT2D eigenvalue weighted by Gasteiger charge is -2.15. The molecule has 0 unspecified atom stereocenters. The van der Waals surface area contributed by atoms with E-state index in [2.05, 4.69) is 0 Å². The van der Waals surface area contributed by atoms with Crippen LogP contribution in [0.1, 0.15) is 16.7 Å². The van der Waals surface area contributed by atoms with Gasteiger partial charge in [-0.05, 0) is 29.8 Å². The van der Waals surface area contributed by atoms with E-state index in [0.29, 0.717) is 17.7 Å². The number of halogens is 7. The lowest BCUT2D eigenvalue weighted by molar-refractivity contribution is -0.143. The SMILES string of the molecule is O=C(Cc1ccccc1Cl)Nc1cc(C(F)(F)F)cc(C(F)(F)F)c1. The predicted octanol–water partition coefficient (Wildman–Crippen LogP) is 5.56. The molecule has 0 atom stereocenters. The molecule has 0 fully saturated rings. The van der Waals surface area contributed by atoms with Crippen LogP contribution in [0, 0.1) is 0 Å². The molecule has 2 nitrogen and oxygen atoms in total. The predicted molar refractivity (Wildman–Crippen MR) is 80.2 cm³/mol. The van der Waals surface area contributed by atoms with E-state index in [9.17, 15) is 31.1 Å². The fourth-order valence-electron chi connectivity index (χ4n) is 2.05. The van der Waals surface area contributed by atoms with Gasteiger partial charge in [0.25, 0.3) is 0 Å². The van der Waals surface area contributed by atoms with Crippen molar-refractivity contribution in [3.05, 3.63) is 64.2 Å². The van der Waals surface area contributed by atoms with E-state index in [-0.39, 0.29) is 17.5 Å². The summed E-state index contributed by atoms with van der Waals surface area (Å²) in [5, 5.41) is 2.31. The molecule has 2 aromatic rings. The number of alkyl halides is 6. The van der Waals surface area contributed by atoms with E-state index in [1.54, 1.807) is 12.1 Å². The molecular weight excluding hydrogens is 372 g/mol. The van der Waals surface area contributed by atoms with Gasteiger partial charge in [-0.3, -0.25) is 4.79 Å². The van der Waals surface area contributed by atoms with Crippen LogP contribution in [-0.2, 0) is 23.6 Å². The molecule has 0 bridgehead atoms. The molecule has 1 N–H and O–H groups in total. The van der Waals surface area contributed by atoms with E-state index in [4.69, 9.17) is 11.6 Å². The number of anilines is 1. The Kier molecular flexibility index (Phi) is 5.31. The largest absolute Gasteiger partial charge is 0.416 e. The summed E-state index contributed by atoms with van der Waals surface area (Å²) in [7, 11) is 0. The third-order valence-electron chi connectivity index (χ3n) is 3.18. The Morgan fingerprint density at radius 1 is 0.920 bits per heavy atom. The van der Waals surface area contributed by atoms with Crippen LogP contribution < -0.4 is 5.32 Å². The highest BCUT2D eigenvalue weighted by atomic mass is 35.5. The molecule has 0 aliphatic rings. The number of hydrogen-bond donors (Lipinski definition) is 1. The summed E-state index contributed by atoms with van der Waals surface area (Å²) in [6.07, 6.45) is -10.3. The van der Waals surface area contributed by atoms with Crippen molar-refractivity contribution >= 4 is 23.2 Å². The topological polar surface area (TPSA) is 29.1 Å². The van der Waals surface area contributed by atoms with Gasteiger partial charge in [-0.25, -0.2) is 0 Å². The molecule has 0 aliphatic heterocycles. The summed E-state index contributed by atoms with van der Waals surface area (Å²) in [5.41, 5.74) is -3.21. The van der Waals surface area contributed by atoms with Crippen molar-refractivity contribution in [2.75, 3.05) is 5.32 Å². The summed E-state index contributed by atoms with van der Waals surface area (Å²) >= 11 is 5.86. The van der Waals surface area contributed by atoms with E-state index >= 15 is 0 Å².